The quantitative estimate of drug-likeness (QED) is 0.436. The summed E-state index contributed by atoms with van der Waals surface area (Å²) >= 11 is 0. The number of non-ortho nitro benzene ring substituents is 1. The van der Waals surface area contributed by atoms with Crippen LogP contribution in [0, 0.1) is 10.1 Å². The van der Waals surface area contributed by atoms with Crippen molar-refractivity contribution in [3.8, 4) is 5.75 Å². The lowest BCUT2D eigenvalue weighted by molar-refractivity contribution is -0.385. The third-order valence-corrected chi connectivity index (χ3v) is 2.57. The molecular formula is C10H11NO5. The smallest absolute Gasteiger partial charge is 0.273 e. The fraction of sp³-hybridized carbons (Fsp3) is 0.400. The summed E-state index contributed by atoms with van der Waals surface area (Å²) in [5, 5.41) is 28.5. The third-order valence-electron chi connectivity index (χ3n) is 2.57. The molecule has 2 N–H and O–H groups in total. The lowest BCUT2D eigenvalue weighted by atomic mass is 10.0. The van der Waals surface area contributed by atoms with Crippen LogP contribution in [0.4, 0.5) is 5.69 Å². The zero-order chi connectivity index (χ0) is 11.7. The number of benzene rings is 1. The zero-order valence-corrected chi connectivity index (χ0v) is 8.37. The van der Waals surface area contributed by atoms with Gasteiger partial charge in [-0.25, -0.2) is 0 Å². The normalized spacial score (nSPS) is 19.1. The van der Waals surface area contributed by atoms with Gasteiger partial charge in [-0.05, 0) is 24.5 Å². The minimum atomic E-state index is -1.56. The van der Waals surface area contributed by atoms with Crippen molar-refractivity contribution in [2.75, 3.05) is 0 Å². The van der Waals surface area contributed by atoms with E-state index in [9.17, 15) is 10.1 Å². The topological polar surface area (TPSA) is 92.8 Å². The van der Waals surface area contributed by atoms with Crippen LogP contribution < -0.4 is 4.74 Å². The van der Waals surface area contributed by atoms with Gasteiger partial charge >= 0.3 is 0 Å². The minimum Gasteiger partial charge on any atom is -0.485 e. The molecule has 0 fully saturated rings. The third kappa shape index (κ3) is 1.98. The largest absolute Gasteiger partial charge is 0.485 e. The first-order valence-electron chi connectivity index (χ1n) is 4.88. The van der Waals surface area contributed by atoms with E-state index >= 15 is 0 Å². The van der Waals surface area contributed by atoms with E-state index in [1.54, 1.807) is 6.07 Å². The molecule has 1 heterocycles. The highest BCUT2D eigenvalue weighted by atomic mass is 16.6. The van der Waals surface area contributed by atoms with Crippen molar-refractivity contribution in [1.82, 2.24) is 0 Å². The summed E-state index contributed by atoms with van der Waals surface area (Å²) in [6.07, 6.45) is -1.17. The Morgan fingerprint density at radius 1 is 1.50 bits per heavy atom. The van der Waals surface area contributed by atoms with Crippen LogP contribution in [0.25, 0.3) is 0 Å². The van der Waals surface area contributed by atoms with Crippen LogP contribution in [-0.2, 0) is 6.42 Å². The molecule has 0 amide bonds. The minimum absolute atomic E-state index is 0.0631. The second-order valence-corrected chi connectivity index (χ2v) is 3.66. The number of aliphatic hydroxyl groups excluding tert-OH is 1. The Hall–Kier alpha value is -1.66. The number of fused-ring (bicyclic) bond motifs is 1. The van der Waals surface area contributed by atoms with Crippen LogP contribution in [-0.4, -0.2) is 27.5 Å². The van der Waals surface area contributed by atoms with Gasteiger partial charge in [0.05, 0.1) is 11.0 Å². The van der Waals surface area contributed by atoms with E-state index in [1.165, 1.54) is 12.1 Å². The Morgan fingerprint density at radius 3 is 2.88 bits per heavy atom. The Morgan fingerprint density at radius 2 is 2.25 bits per heavy atom. The summed E-state index contributed by atoms with van der Waals surface area (Å²) in [6.45, 7) is 0. The number of aliphatic hydroxyl groups is 2. The van der Waals surface area contributed by atoms with E-state index in [-0.39, 0.29) is 5.69 Å². The Labute approximate surface area is 91.2 Å². The lowest BCUT2D eigenvalue weighted by Crippen LogP contribution is -2.34. The van der Waals surface area contributed by atoms with Crippen molar-refractivity contribution in [3.63, 3.8) is 0 Å². The van der Waals surface area contributed by atoms with E-state index < -0.39 is 17.3 Å². The Bertz CT molecular complexity index is 418. The summed E-state index contributed by atoms with van der Waals surface area (Å²) in [7, 11) is 0. The summed E-state index contributed by atoms with van der Waals surface area (Å²) in [5.41, 5.74) is 0.786. The summed E-state index contributed by atoms with van der Waals surface area (Å²) in [4.78, 5) is 10.0. The van der Waals surface area contributed by atoms with Crippen LogP contribution in [0.2, 0.25) is 0 Å². The van der Waals surface area contributed by atoms with Crippen LogP contribution in [0.15, 0.2) is 18.2 Å². The van der Waals surface area contributed by atoms with Crippen LogP contribution in [0.5, 0.6) is 5.75 Å². The molecule has 6 nitrogen and oxygen atoms in total. The first-order valence-corrected chi connectivity index (χ1v) is 4.88. The maximum atomic E-state index is 10.6. The van der Waals surface area contributed by atoms with Gasteiger partial charge in [-0.3, -0.25) is 10.1 Å². The molecule has 1 atom stereocenters. The molecule has 0 spiro atoms. The van der Waals surface area contributed by atoms with E-state index in [1.807, 2.05) is 0 Å². The van der Waals surface area contributed by atoms with Crippen molar-refractivity contribution in [1.29, 1.82) is 0 Å². The first-order chi connectivity index (χ1) is 7.58. The van der Waals surface area contributed by atoms with Crippen LogP contribution in [0.1, 0.15) is 12.0 Å². The van der Waals surface area contributed by atoms with Gasteiger partial charge in [0.15, 0.2) is 6.29 Å². The lowest BCUT2D eigenvalue weighted by Gasteiger charge is -2.26. The Balaban J connectivity index is 2.28. The van der Waals surface area contributed by atoms with E-state index in [0.717, 1.165) is 5.56 Å². The maximum absolute atomic E-state index is 10.6. The van der Waals surface area contributed by atoms with E-state index in [4.69, 9.17) is 14.9 Å². The molecule has 1 aromatic carbocycles. The number of rotatable bonds is 2. The average molecular weight is 225 g/mol. The molecule has 1 unspecified atom stereocenters. The standard InChI is InChI=1S/C10H11NO5/c12-10(13)8-4-2-6-1-3-7(11(14)15)5-9(6)16-8/h1,3,5,8,10,12-13H,2,4H2. The highest BCUT2D eigenvalue weighted by Crippen LogP contribution is 2.31. The molecule has 1 aliphatic rings. The monoisotopic (exact) mass is 225 g/mol. The number of nitro groups is 1. The van der Waals surface area contributed by atoms with Gasteiger partial charge in [0.1, 0.15) is 11.9 Å². The highest BCUT2D eigenvalue weighted by molar-refractivity contribution is 5.45. The van der Waals surface area contributed by atoms with E-state index in [2.05, 4.69) is 0 Å². The summed E-state index contributed by atoms with van der Waals surface area (Å²) in [5.74, 6) is 0.360. The van der Waals surface area contributed by atoms with Crippen molar-refractivity contribution in [2.45, 2.75) is 25.2 Å². The van der Waals surface area contributed by atoms with Crippen molar-refractivity contribution >= 4 is 5.69 Å². The van der Waals surface area contributed by atoms with Gasteiger partial charge < -0.3 is 14.9 Å². The number of aryl methyl sites for hydroxylation is 1. The van der Waals surface area contributed by atoms with Crippen LogP contribution in [0.3, 0.4) is 0 Å². The van der Waals surface area contributed by atoms with Gasteiger partial charge in [-0.2, -0.15) is 0 Å². The number of hydrogen-bond acceptors (Lipinski definition) is 5. The highest BCUT2D eigenvalue weighted by Gasteiger charge is 2.26. The second-order valence-electron chi connectivity index (χ2n) is 3.66. The van der Waals surface area contributed by atoms with E-state index in [0.29, 0.717) is 18.6 Å². The number of nitrogens with zero attached hydrogens (tertiary/aromatic N) is 1. The van der Waals surface area contributed by atoms with Gasteiger partial charge in [0.2, 0.25) is 0 Å². The number of hydrogen-bond donors (Lipinski definition) is 2. The number of nitro benzene ring substituents is 1. The van der Waals surface area contributed by atoms with Crippen molar-refractivity contribution in [3.05, 3.63) is 33.9 Å². The Kier molecular flexibility index (Phi) is 2.76. The molecule has 6 heteroatoms. The fourth-order valence-corrected chi connectivity index (χ4v) is 1.70. The molecule has 1 aliphatic heterocycles. The maximum Gasteiger partial charge on any atom is 0.273 e. The van der Waals surface area contributed by atoms with Gasteiger partial charge in [-0.15, -0.1) is 0 Å². The SMILES string of the molecule is O=[N+]([O-])c1ccc2c(c1)OC(C(O)O)CC2. The zero-order valence-electron chi connectivity index (χ0n) is 8.37. The van der Waals surface area contributed by atoms with Crippen molar-refractivity contribution < 1.29 is 19.9 Å². The van der Waals surface area contributed by atoms with Gasteiger partial charge in [-0.1, -0.05) is 0 Å². The average Bonchev–Trinajstić information content (AvgIpc) is 2.27. The van der Waals surface area contributed by atoms with Crippen LogP contribution >= 0.6 is 0 Å². The molecule has 0 bridgehead atoms. The molecular weight excluding hydrogens is 214 g/mol. The molecule has 2 rings (SSSR count). The fourth-order valence-electron chi connectivity index (χ4n) is 1.70. The number of ether oxygens (including phenoxy) is 1. The first kappa shape index (κ1) is 10.8. The summed E-state index contributed by atoms with van der Waals surface area (Å²) in [6, 6.07) is 4.36. The molecule has 86 valence electrons. The summed E-state index contributed by atoms with van der Waals surface area (Å²) < 4.78 is 5.28. The molecule has 1 aromatic rings. The predicted molar refractivity (Wildman–Crippen MR) is 54.1 cm³/mol. The van der Waals surface area contributed by atoms with Gasteiger partial charge in [0.25, 0.3) is 5.69 Å². The molecule has 0 saturated heterocycles. The second kappa shape index (κ2) is 4.07. The molecule has 0 radical (unpaired) electrons. The van der Waals surface area contributed by atoms with Gasteiger partial charge in [0, 0.05) is 6.07 Å². The molecule has 16 heavy (non-hydrogen) atoms. The van der Waals surface area contributed by atoms with Crippen molar-refractivity contribution in [2.24, 2.45) is 0 Å². The molecule has 0 aliphatic carbocycles. The molecule has 0 saturated carbocycles. The predicted octanol–water partition coefficient (Wildman–Crippen LogP) is 0.599. The molecule has 0 aromatic heterocycles.